The number of benzene rings is 2. The molecular weight excluding hydrogens is 332 g/mol. The van der Waals surface area contributed by atoms with Crippen LogP contribution in [0.4, 0.5) is 5.69 Å². The van der Waals surface area contributed by atoms with E-state index < -0.39 is 0 Å². The maximum Gasteiger partial charge on any atom is 0.154 e. The van der Waals surface area contributed by atoms with Crippen molar-refractivity contribution in [3.8, 4) is 0 Å². The van der Waals surface area contributed by atoms with Gasteiger partial charge in [0.2, 0.25) is 0 Å². The van der Waals surface area contributed by atoms with Crippen molar-refractivity contribution in [2.75, 3.05) is 12.4 Å². The van der Waals surface area contributed by atoms with E-state index in [-0.39, 0.29) is 0 Å². The summed E-state index contributed by atoms with van der Waals surface area (Å²) in [5.41, 5.74) is 3.63. The van der Waals surface area contributed by atoms with Crippen molar-refractivity contribution in [1.29, 1.82) is 0 Å². The molecule has 25 heavy (non-hydrogen) atoms. The number of nitrogens with zero attached hydrogens (tertiary/aromatic N) is 3. The Balaban J connectivity index is 2.13. The second kappa shape index (κ2) is 7.81. The molecule has 0 bridgehead atoms. The van der Waals surface area contributed by atoms with Crippen molar-refractivity contribution >= 4 is 29.2 Å². The molecule has 0 amide bonds. The third kappa shape index (κ3) is 4.17. The van der Waals surface area contributed by atoms with Crippen LogP contribution in [-0.2, 0) is 0 Å². The fraction of sp³-hybridized carbons (Fsp3) is 0.100. The van der Waals surface area contributed by atoms with Crippen molar-refractivity contribution in [3.63, 3.8) is 0 Å². The minimum absolute atomic E-state index is 0.681. The quantitative estimate of drug-likeness (QED) is 0.755. The Hall–Kier alpha value is -2.85. The summed E-state index contributed by atoms with van der Waals surface area (Å²) in [6.45, 7) is 1.94. The monoisotopic (exact) mass is 350 g/mol. The molecule has 126 valence electrons. The normalized spacial score (nSPS) is 12.3. The van der Waals surface area contributed by atoms with E-state index in [1.165, 1.54) is 0 Å². The summed E-state index contributed by atoms with van der Waals surface area (Å²) >= 11 is 6.12. The number of halogens is 1. The van der Waals surface area contributed by atoms with E-state index in [0.29, 0.717) is 5.02 Å². The maximum absolute atomic E-state index is 6.12. The lowest BCUT2D eigenvalue weighted by Gasteiger charge is -2.16. The minimum Gasteiger partial charge on any atom is -0.341 e. The first kappa shape index (κ1) is 17.0. The van der Waals surface area contributed by atoms with Gasteiger partial charge in [-0.1, -0.05) is 48.0 Å². The summed E-state index contributed by atoms with van der Waals surface area (Å²) in [7, 11) is 1.76. The second-order valence-electron chi connectivity index (χ2n) is 5.51. The number of rotatable bonds is 4. The molecule has 0 aliphatic carbocycles. The Morgan fingerprint density at radius 1 is 1.16 bits per heavy atom. The van der Waals surface area contributed by atoms with Crippen LogP contribution in [0.2, 0.25) is 5.02 Å². The van der Waals surface area contributed by atoms with Crippen molar-refractivity contribution < 1.29 is 0 Å². The molecule has 0 saturated heterocycles. The molecule has 4 nitrogen and oxygen atoms in total. The molecule has 0 unspecified atom stereocenters. The van der Waals surface area contributed by atoms with Gasteiger partial charge >= 0.3 is 0 Å². The molecule has 0 fully saturated rings. The third-order valence-electron chi connectivity index (χ3n) is 3.71. The molecule has 1 aromatic heterocycles. The van der Waals surface area contributed by atoms with E-state index in [0.717, 1.165) is 28.3 Å². The van der Waals surface area contributed by atoms with Gasteiger partial charge in [0, 0.05) is 30.2 Å². The van der Waals surface area contributed by atoms with Crippen LogP contribution in [-0.4, -0.2) is 16.6 Å². The highest BCUT2D eigenvalue weighted by Gasteiger charge is 2.06. The van der Waals surface area contributed by atoms with Gasteiger partial charge in [-0.25, -0.2) is 0 Å². The van der Waals surface area contributed by atoms with Crippen LogP contribution in [0.1, 0.15) is 11.3 Å². The zero-order chi connectivity index (χ0) is 17.6. The smallest absolute Gasteiger partial charge is 0.154 e. The molecule has 0 spiro atoms. The molecule has 2 aromatic carbocycles. The summed E-state index contributed by atoms with van der Waals surface area (Å²) in [6, 6.07) is 17.8. The van der Waals surface area contributed by atoms with Gasteiger partial charge in [-0.05, 0) is 36.8 Å². The molecule has 0 saturated carbocycles. The summed E-state index contributed by atoms with van der Waals surface area (Å²) in [4.78, 5) is 8.72. The highest BCUT2D eigenvalue weighted by atomic mass is 35.5. The lowest BCUT2D eigenvalue weighted by Crippen LogP contribution is -2.26. The third-order valence-corrected chi connectivity index (χ3v) is 3.94. The van der Waals surface area contributed by atoms with Crippen LogP contribution in [0.25, 0.3) is 11.9 Å². The fourth-order valence-corrected chi connectivity index (χ4v) is 2.76. The van der Waals surface area contributed by atoms with Gasteiger partial charge in [0.15, 0.2) is 5.49 Å². The fourth-order valence-electron chi connectivity index (χ4n) is 2.57. The molecular formula is C20H19ClN4. The van der Waals surface area contributed by atoms with E-state index in [1.54, 1.807) is 13.2 Å². The predicted molar refractivity (Wildman–Crippen MR) is 104 cm³/mol. The summed E-state index contributed by atoms with van der Waals surface area (Å²) < 4.78 is 1.98. The molecule has 1 N–H and O–H groups in total. The lowest BCUT2D eigenvalue weighted by atomic mass is 10.2. The highest BCUT2D eigenvalue weighted by molar-refractivity contribution is 6.30. The van der Waals surface area contributed by atoms with Crippen LogP contribution in [0.15, 0.2) is 72.0 Å². The molecule has 0 aliphatic heterocycles. The van der Waals surface area contributed by atoms with Crippen LogP contribution in [0.3, 0.4) is 0 Å². The molecule has 3 rings (SSSR count). The van der Waals surface area contributed by atoms with Gasteiger partial charge in [-0.2, -0.15) is 0 Å². The topological polar surface area (TPSA) is 42.2 Å². The average Bonchev–Trinajstić information content (AvgIpc) is 2.62. The Morgan fingerprint density at radius 3 is 2.68 bits per heavy atom. The van der Waals surface area contributed by atoms with Crippen molar-refractivity contribution in [1.82, 2.24) is 9.55 Å². The van der Waals surface area contributed by atoms with Gasteiger partial charge in [0.25, 0.3) is 0 Å². The second-order valence-corrected chi connectivity index (χ2v) is 5.94. The lowest BCUT2D eigenvalue weighted by molar-refractivity contribution is 0.895. The Labute approximate surface area is 152 Å². The van der Waals surface area contributed by atoms with E-state index in [9.17, 15) is 0 Å². The van der Waals surface area contributed by atoms with E-state index in [2.05, 4.69) is 33.5 Å². The van der Waals surface area contributed by atoms with Gasteiger partial charge in [0.05, 0.1) is 5.69 Å². The number of aryl methyl sites for hydroxylation is 1. The number of hydrogen-bond acceptors (Lipinski definition) is 3. The maximum atomic E-state index is 6.12. The largest absolute Gasteiger partial charge is 0.341 e. The Morgan fingerprint density at radius 2 is 1.96 bits per heavy atom. The highest BCUT2D eigenvalue weighted by Crippen LogP contribution is 2.19. The van der Waals surface area contributed by atoms with Gasteiger partial charge in [-0.3, -0.25) is 14.5 Å². The van der Waals surface area contributed by atoms with Crippen molar-refractivity contribution in [2.45, 2.75) is 6.92 Å². The molecule has 0 aliphatic rings. The summed E-state index contributed by atoms with van der Waals surface area (Å²) in [5, 5.41) is 4.12. The van der Waals surface area contributed by atoms with Crippen LogP contribution in [0, 0.1) is 6.92 Å². The predicted octanol–water partition coefficient (Wildman–Crippen LogP) is 4.44. The van der Waals surface area contributed by atoms with Crippen molar-refractivity contribution in [3.05, 3.63) is 88.8 Å². The first-order chi connectivity index (χ1) is 12.2. The number of hydrogen-bond donors (Lipinski definition) is 1. The van der Waals surface area contributed by atoms with Gasteiger partial charge in [0.1, 0.15) is 5.82 Å². The van der Waals surface area contributed by atoms with Gasteiger partial charge < -0.3 is 5.32 Å². The molecule has 1 heterocycles. The number of nitrogens with one attached hydrogen (secondary N) is 1. The Kier molecular flexibility index (Phi) is 5.31. The molecule has 0 radical (unpaired) electrons. The van der Waals surface area contributed by atoms with Crippen LogP contribution < -0.4 is 10.8 Å². The number of anilines is 1. The zero-order valence-corrected chi connectivity index (χ0v) is 14.9. The molecule has 0 atom stereocenters. The van der Waals surface area contributed by atoms with E-state index >= 15 is 0 Å². The zero-order valence-electron chi connectivity index (χ0n) is 14.1. The average molecular weight is 351 g/mol. The van der Waals surface area contributed by atoms with E-state index in [1.807, 2.05) is 60.2 Å². The Bertz CT molecular complexity index is 959. The molecule has 5 heteroatoms. The molecule has 3 aromatic rings. The first-order valence-corrected chi connectivity index (χ1v) is 8.32. The van der Waals surface area contributed by atoms with Crippen LogP contribution in [0.5, 0.6) is 0 Å². The SMILES string of the molecule is CN=c1c(C)nccn1/C(=C/c1ccccc1)Nc1cccc(Cl)c1. The van der Waals surface area contributed by atoms with Gasteiger partial charge in [-0.15, -0.1) is 0 Å². The summed E-state index contributed by atoms with van der Waals surface area (Å²) in [6.07, 6.45) is 5.72. The first-order valence-electron chi connectivity index (χ1n) is 7.94. The summed E-state index contributed by atoms with van der Waals surface area (Å²) in [5.74, 6) is 0.861. The standard InChI is InChI=1S/C20H19ClN4/c1-15-20(22-2)25(12-11-23-15)19(13-16-7-4-3-5-8-16)24-18-10-6-9-17(21)14-18/h3-14,24H,1-2H3/b19-13+,22-20?. The van der Waals surface area contributed by atoms with Crippen LogP contribution >= 0.6 is 11.6 Å². The van der Waals surface area contributed by atoms with Crippen molar-refractivity contribution in [2.24, 2.45) is 4.99 Å². The van der Waals surface area contributed by atoms with E-state index in [4.69, 9.17) is 11.6 Å². The number of aromatic nitrogens is 2. The minimum atomic E-state index is 0.681.